The molecule has 17 heavy (non-hydrogen) atoms. The van der Waals surface area contributed by atoms with Crippen molar-refractivity contribution in [2.75, 3.05) is 0 Å². The molecular formula is C13H16N2O2. The van der Waals surface area contributed by atoms with E-state index in [0.717, 1.165) is 5.56 Å². The van der Waals surface area contributed by atoms with Gasteiger partial charge in [0.05, 0.1) is 5.56 Å². The highest BCUT2D eigenvalue weighted by Gasteiger charge is 2.22. The maximum Gasteiger partial charge on any atom is 0.261 e. The van der Waals surface area contributed by atoms with Crippen LogP contribution in [0, 0.1) is 6.92 Å². The van der Waals surface area contributed by atoms with Crippen LogP contribution in [-0.2, 0) is 5.41 Å². The lowest BCUT2D eigenvalue weighted by molar-refractivity contribution is 0.399. The highest BCUT2D eigenvalue weighted by atomic mass is 16.5. The quantitative estimate of drug-likeness (QED) is 0.821. The molecule has 2 rings (SSSR count). The summed E-state index contributed by atoms with van der Waals surface area (Å²) in [6.45, 7) is 7.95. The monoisotopic (exact) mass is 232 g/mol. The van der Waals surface area contributed by atoms with Crippen molar-refractivity contribution in [1.82, 2.24) is 10.1 Å². The van der Waals surface area contributed by atoms with Crippen molar-refractivity contribution in [3.05, 3.63) is 29.6 Å². The molecule has 90 valence electrons. The fourth-order valence-corrected chi connectivity index (χ4v) is 1.46. The zero-order valence-corrected chi connectivity index (χ0v) is 10.5. The number of nitrogens with zero attached hydrogens (tertiary/aromatic N) is 2. The average Bonchev–Trinajstić information content (AvgIpc) is 2.65. The van der Waals surface area contributed by atoms with Crippen molar-refractivity contribution in [3.63, 3.8) is 0 Å². The Morgan fingerprint density at radius 3 is 2.47 bits per heavy atom. The molecular weight excluding hydrogens is 216 g/mol. The molecule has 1 aromatic heterocycles. The first-order chi connectivity index (χ1) is 7.88. The Labute approximate surface area is 100 Å². The molecule has 0 atom stereocenters. The van der Waals surface area contributed by atoms with Crippen molar-refractivity contribution in [2.45, 2.75) is 33.1 Å². The standard InChI is InChI=1S/C13H16N2O2/c1-8-5-6-9(10(16)7-8)11-14-12(15-17-11)13(2,3)4/h5-7,16H,1-4H3. The predicted octanol–water partition coefficient (Wildman–Crippen LogP) is 3.05. The highest BCUT2D eigenvalue weighted by molar-refractivity contribution is 5.62. The Morgan fingerprint density at radius 1 is 1.24 bits per heavy atom. The maximum atomic E-state index is 9.83. The van der Waals surface area contributed by atoms with Gasteiger partial charge in [0.2, 0.25) is 0 Å². The van der Waals surface area contributed by atoms with Crippen LogP contribution in [0.2, 0.25) is 0 Å². The van der Waals surface area contributed by atoms with E-state index in [-0.39, 0.29) is 11.2 Å². The van der Waals surface area contributed by atoms with E-state index in [1.807, 2.05) is 33.8 Å². The first kappa shape index (κ1) is 11.6. The SMILES string of the molecule is Cc1ccc(-c2nc(C(C)(C)C)no2)c(O)c1. The number of rotatable bonds is 1. The third kappa shape index (κ3) is 2.30. The third-order valence-electron chi connectivity index (χ3n) is 2.48. The summed E-state index contributed by atoms with van der Waals surface area (Å²) in [5.41, 5.74) is 1.39. The summed E-state index contributed by atoms with van der Waals surface area (Å²) in [7, 11) is 0. The summed E-state index contributed by atoms with van der Waals surface area (Å²) in [5, 5.41) is 13.8. The number of phenols is 1. The normalized spacial score (nSPS) is 11.8. The van der Waals surface area contributed by atoms with Gasteiger partial charge in [0, 0.05) is 5.41 Å². The van der Waals surface area contributed by atoms with Crippen molar-refractivity contribution in [1.29, 1.82) is 0 Å². The topological polar surface area (TPSA) is 59.2 Å². The van der Waals surface area contributed by atoms with E-state index >= 15 is 0 Å². The molecule has 4 nitrogen and oxygen atoms in total. The van der Waals surface area contributed by atoms with Crippen molar-refractivity contribution in [2.24, 2.45) is 0 Å². The Morgan fingerprint density at radius 2 is 1.94 bits per heavy atom. The second kappa shape index (κ2) is 3.87. The summed E-state index contributed by atoms with van der Waals surface area (Å²) >= 11 is 0. The molecule has 0 fully saturated rings. The van der Waals surface area contributed by atoms with Gasteiger partial charge in [0.15, 0.2) is 5.82 Å². The van der Waals surface area contributed by atoms with Crippen LogP contribution in [0.3, 0.4) is 0 Å². The summed E-state index contributed by atoms with van der Waals surface area (Å²) in [4.78, 5) is 4.30. The summed E-state index contributed by atoms with van der Waals surface area (Å²) in [5.74, 6) is 1.15. The molecule has 0 saturated carbocycles. The molecule has 0 radical (unpaired) electrons. The largest absolute Gasteiger partial charge is 0.507 e. The van der Waals surface area contributed by atoms with Crippen LogP contribution in [0.25, 0.3) is 11.5 Å². The number of aryl methyl sites for hydroxylation is 1. The third-order valence-corrected chi connectivity index (χ3v) is 2.48. The highest BCUT2D eigenvalue weighted by Crippen LogP contribution is 2.30. The van der Waals surface area contributed by atoms with Gasteiger partial charge in [-0.25, -0.2) is 0 Å². The van der Waals surface area contributed by atoms with Crippen LogP contribution in [0.5, 0.6) is 5.75 Å². The van der Waals surface area contributed by atoms with Gasteiger partial charge in [-0.05, 0) is 24.6 Å². The molecule has 0 unspecified atom stereocenters. The maximum absolute atomic E-state index is 9.83. The molecule has 0 bridgehead atoms. The van der Waals surface area contributed by atoms with Gasteiger partial charge in [-0.3, -0.25) is 0 Å². The number of aromatic nitrogens is 2. The fourth-order valence-electron chi connectivity index (χ4n) is 1.46. The number of phenolic OH excluding ortho intramolecular Hbond substituents is 1. The lowest BCUT2D eigenvalue weighted by Crippen LogP contribution is -2.13. The smallest absolute Gasteiger partial charge is 0.261 e. The molecule has 0 aliphatic carbocycles. The fraction of sp³-hybridized carbons (Fsp3) is 0.385. The minimum Gasteiger partial charge on any atom is -0.507 e. The van der Waals surface area contributed by atoms with E-state index in [2.05, 4.69) is 10.1 Å². The van der Waals surface area contributed by atoms with Gasteiger partial charge in [-0.2, -0.15) is 4.98 Å². The number of benzene rings is 1. The minimum absolute atomic E-state index is 0.161. The number of aromatic hydroxyl groups is 1. The molecule has 1 heterocycles. The molecule has 0 spiro atoms. The lowest BCUT2D eigenvalue weighted by Gasteiger charge is -2.10. The summed E-state index contributed by atoms with van der Waals surface area (Å²) in [6.07, 6.45) is 0. The second-order valence-electron chi connectivity index (χ2n) is 5.19. The predicted molar refractivity (Wildman–Crippen MR) is 64.8 cm³/mol. The van der Waals surface area contributed by atoms with Crippen molar-refractivity contribution >= 4 is 0 Å². The van der Waals surface area contributed by atoms with Gasteiger partial charge < -0.3 is 9.63 Å². The minimum atomic E-state index is -0.165. The van der Waals surface area contributed by atoms with E-state index in [1.54, 1.807) is 12.1 Å². The van der Waals surface area contributed by atoms with Crippen LogP contribution in [-0.4, -0.2) is 15.2 Å². The van der Waals surface area contributed by atoms with Crippen LogP contribution < -0.4 is 0 Å². The zero-order valence-electron chi connectivity index (χ0n) is 10.5. The lowest BCUT2D eigenvalue weighted by atomic mass is 9.96. The Bertz CT molecular complexity index is 539. The van der Waals surface area contributed by atoms with Gasteiger partial charge in [0.25, 0.3) is 5.89 Å². The molecule has 0 aliphatic rings. The first-order valence-electron chi connectivity index (χ1n) is 5.52. The molecule has 0 saturated heterocycles. The van der Waals surface area contributed by atoms with Crippen molar-refractivity contribution < 1.29 is 9.63 Å². The molecule has 4 heteroatoms. The van der Waals surface area contributed by atoms with Crippen LogP contribution in [0.15, 0.2) is 22.7 Å². The van der Waals surface area contributed by atoms with Gasteiger partial charge in [-0.1, -0.05) is 32.0 Å². The Hall–Kier alpha value is -1.84. The van der Waals surface area contributed by atoms with Gasteiger partial charge >= 0.3 is 0 Å². The number of hydrogen-bond donors (Lipinski definition) is 1. The van der Waals surface area contributed by atoms with E-state index in [4.69, 9.17) is 4.52 Å². The Balaban J connectivity index is 2.44. The van der Waals surface area contributed by atoms with Crippen molar-refractivity contribution in [3.8, 4) is 17.2 Å². The van der Waals surface area contributed by atoms with Gasteiger partial charge in [-0.15, -0.1) is 0 Å². The molecule has 0 aliphatic heterocycles. The van der Waals surface area contributed by atoms with E-state index < -0.39 is 0 Å². The number of hydrogen-bond acceptors (Lipinski definition) is 4. The second-order valence-corrected chi connectivity index (χ2v) is 5.19. The van der Waals surface area contributed by atoms with Crippen LogP contribution in [0.4, 0.5) is 0 Å². The van der Waals surface area contributed by atoms with E-state index in [1.165, 1.54) is 0 Å². The van der Waals surface area contributed by atoms with Crippen LogP contribution >= 0.6 is 0 Å². The first-order valence-corrected chi connectivity index (χ1v) is 5.52. The molecule has 0 amide bonds. The van der Waals surface area contributed by atoms with Crippen LogP contribution in [0.1, 0.15) is 32.2 Å². The summed E-state index contributed by atoms with van der Waals surface area (Å²) in [6, 6.07) is 5.36. The Kier molecular flexibility index (Phi) is 2.65. The zero-order chi connectivity index (χ0) is 12.6. The van der Waals surface area contributed by atoms with Gasteiger partial charge in [0.1, 0.15) is 5.75 Å². The van der Waals surface area contributed by atoms with E-state index in [0.29, 0.717) is 17.3 Å². The molecule has 1 aromatic carbocycles. The van der Waals surface area contributed by atoms with E-state index in [9.17, 15) is 5.11 Å². The summed E-state index contributed by atoms with van der Waals surface area (Å²) < 4.78 is 5.18. The molecule has 1 N–H and O–H groups in total. The average molecular weight is 232 g/mol. The molecule has 2 aromatic rings.